The van der Waals surface area contributed by atoms with Gasteiger partial charge in [-0.2, -0.15) is 0 Å². The predicted molar refractivity (Wildman–Crippen MR) is 49.5 cm³/mol. The average Bonchev–Trinajstić information content (AvgIpc) is 2.93. The van der Waals surface area contributed by atoms with Crippen LogP contribution in [0.1, 0.15) is 18.4 Å². The minimum atomic E-state index is 0.152. The molecule has 4 heteroatoms. The van der Waals surface area contributed by atoms with Crippen molar-refractivity contribution in [1.82, 2.24) is 9.97 Å². The molecule has 0 aliphatic heterocycles. The number of aliphatic hydroxyl groups excluding tert-OH is 1. The van der Waals surface area contributed by atoms with E-state index in [0.29, 0.717) is 18.4 Å². The number of nitrogens with one attached hydrogen (secondary N) is 1. The maximum atomic E-state index is 8.67. The Morgan fingerprint density at radius 1 is 1.38 bits per heavy atom. The highest BCUT2D eigenvalue weighted by molar-refractivity contribution is 5.28. The van der Waals surface area contributed by atoms with Gasteiger partial charge in [0.2, 0.25) is 5.95 Å². The van der Waals surface area contributed by atoms with Crippen LogP contribution in [0.5, 0.6) is 0 Å². The zero-order valence-electron chi connectivity index (χ0n) is 7.40. The highest BCUT2D eigenvalue weighted by atomic mass is 16.2. The lowest BCUT2D eigenvalue weighted by Crippen LogP contribution is -2.05. The molecule has 2 N–H and O–H groups in total. The number of nitrogens with zero attached hydrogens (tertiary/aromatic N) is 2. The van der Waals surface area contributed by atoms with Gasteiger partial charge in [-0.25, -0.2) is 9.97 Å². The van der Waals surface area contributed by atoms with Crippen molar-refractivity contribution in [2.45, 2.75) is 25.3 Å². The van der Waals surface area contributed by atoms with Crippen LogP contribution in [0.3, 0.4) is 0 Å². The van der Waals surface area contributed by atoms with Gasteiger partial charge in [0.1, 0.15) is 0 Å². The van der Waals surface area contributed by atoms with Crippen LogP contribution in [0.2, 0.25) is 0 Å². The molecule has 1 fully saturated rings. The molecule has 1 saturated carbocycles. The van der Waals surface area contributed by atoms with Gasteiger partial charge < -0.3 is 10.4 Å². The second-order valence-corrected chi connectivity index (χ2v) is 3.31. The van der Waals surface area contributed by atoms with Gasteiger partial charge in [-0.3, -0.25) is 0 Å². The third-order valence-electron chi connectivity index (χ3n) is 2.02. The molecule has 1 aromatic rings. The first-order valence-corrected chi connectivity index (χ1v) is 4.57. The number of hydrogen-bond donors (Lipinski definition) is 2. The number of anilines is 1. The van der Waals surface area contributed by atoms with Crippen molar-refractivity contribution in [3.05, 3.63) is 18.0 Å². The molecule has 0 atom stereocenters. The maximum absolute atomic E-state index is 8.67. The summed E-state index contributed by atoms with van der Waals surface area (Å²) in [7, 11) is 0. The summed E-state index contributed by atoms with van der Waals surface area (Å²) in [4.78, 5) is 8.29. The molecule has 0 spiro atoms. The van der Waals surface area contributed by atoms with Crippen LogP contribution in [0.25, 0.3) is 0 Å². The maximum Gasteiger partial charge on any atom is 0.222 e. The molecule has 0 radical (unpaired) electrons. The van der Waals surface area contributed by atoms with E-state index < -0.39 is 0 Å². The molecule has 0 amide bonds. The molecule has 0 saturated heterocycles. The van der Waals surface area contributed by atoms with Crippen molar-refractivity contribution < 1.29 is 5.11 Å². The summed E-state index contributed by atoms with van der Waals surface area (Å²) in [6.07, 6.45) is 6.59. The zero-order valence-corrected chi connectivity index (χ0v) is 7.40. The highest BCUT2D eigenvalue weighted by Crippen LogP contribution is 2.22. The summed E-state index contributed by atoms with van der Waals surface area (Å²) in [5.74, 6) is 0.698. The second-order valence-electron chi connectivity index (χ2n) is 3.31. The highest BCUT2D eigenvalue weighted by Gasteiger charge is 2.21. The summed E-state index contributed by atoms with van der Waals surface area (Å²) in [6, 6.07) is 0.587. The van der Waals surface area contributed by atoms with Crippen molar-refractivity contribution in [2.24, 2.45) is 0 Å². The van der Waals surface area contributed by atoms with E-state index in [-0.39, 0.29) is 6.61 Å². The first kappa shape index (κ1) is 8.44. The van der Waals surface area contributed by atoms with E-state index in [0.717, 1.165) is 5.56 Å². The molecule has 4 nitrogen and oxygen atoms in total. The standard InChI is InChI=1S/C9H13N3O/c13-4-3-7-5-10-9(11-6-7)12-8-1-2-8/h5-6,8,13H,1-4H2,(H,10,11,12). The molecule has 1 aliphatic rings. The SMILES string of the molecule is OCCc1cnc(NC2CC2)nc1. The third-order valence-corrected chi connectivity index (χ3v) is 2.02. The molecule has 2 rings (SSSR count). The van der Waals surface area contributed by atoms with E-state index >= 15 is 0 Å². The molecule has 0 unspecified atom stereocenters. The van der Waals surface area contributed by atoms with Crippen molar-refractivity contribution in [2.75, 3.05) is 11.9 Å². The van der Waals surface area contributed by atoms with Gasteiger partial charge >= 0.3 is 0 Å². The van der Waals surface area contributed by atoms with Crippen molar-refractivity contribution in [3.8, 4) is 0 Å². The van der Waals surface area contributed by atoms with Gasteiger partial charge in [0, 0.05) is 25.0 Å². The van der Waals surface area contributed by atoms with E-state index in [1.807, 2.05) is 0 Å². The predicted octanol–water partition coefficient (Wildman–Crippen LogP) is 0.586. The lowest BCUT2D eigenvalue weighted by Gasteiger charge is -2.02. The Labute approximate surface area is 77.0 Å². The van der Waals surface area contributed by atoms with Crippen LogP contribution in [0, 0.1) is 0 Å². The number of rotatable bonds is 4. The monoisotopic (exact) mass is 179 g/mol. The van der Waals surface area contributed by atoms with Crippen molar-refractivity contribution in [3.63, 3.8) is 0 Å². The number of aliphatic hydroxyl groups is 1. The summed E-state index contributed by atoms with van der Waals surface area (Å²) in [6.45, 7) is 0.152. The minimum Gasteiger partial charge on any atom is -0.396 e. The van der Waals surface area contributed by atoms with Crippen LogP contribution >= 0.6 is 0 Å². The average molecular weight is 179 g/mol. The smallest absolute Gasteiger partial charge is 0.222 e. The molecular formula is C9H13N3O. The molecule has 0 bridgehead atoms. The molecular weight excluding hydrogens is 166 g/mol. The van der Waals surface area contributed by atoms with Gasteiger partial charge in [-0.05, 0) is 24.8 Å². The summed E-state index contributed by atoms with van der Waals surface area (Å²) >= 11 is 0. The Balaban J connectivity index is 1.95. The fourth-order valence-electron chi connectivity index (χ4n) is 1.10. The third kappa shape index (κ3) is 2.39. The summed E-state index contributed by atoms with van der Waals surface area (Å²) in [5, 5.41) is 11.9. The van der Waals surface area contributed by atoms with E-state index in [1.165, 1.54) is 12.8 Å². The van der Waals surface area contributed by atoms with Crippen LogP contribution in [-0.2, 0) is 6.42 Å². The molecule has 70 valence electrons. The van der Waals surface area contributed by atoms with Crippen LogP contribution < -0.4 is 5.32 Å². The molecule has 0 aromatic carbocycles. The Hall–Kier alpha value is -1.16. The first-order valence-electron chi connectivity index (χ1n) is 4.57. The lowest BCUT2D eigenvalue weighted by molar-refractivity contribution is 0.299. The Kier molecular flexibility index (Phi) is 2.40. The van der Waals surface area contributed by atoms with E-state index in [4.69, 9.17) is 5.11 Å². The van der Waals surface area contributed by atoms with Crippen LogP contribution in [0.4, 0.5) is 5.95 Å². The van der Waals surface area contributed by atoms with Crippen LogP contribution in [0.15, 0.2) is 12.4 Å². The van der Waals surface area contributed by atoms with Crippen molar-refractivity contribution >= 4 is 5.95 Å². The van der Waals surface area contributed by atoms with Crippen molar-refractivity contribution in [1.29, 1.82) is 0 Å². The Morgan fingerprint density at radius 2 is 2.08 bits per heavy atom. The minimum absolute atomic E-state index is 0.152. The molecule has 13 heavy (non-hydrogen) atoms. The topological polar surface area (TPSA) is 58.0 Å². The molecule has 1 aliphatic carbocycles. The Morgan fingerprint density at radius 3 is 2.62 bits per heavy atom. The first-order chi connectivity index (χ1) is 6.38. The summed E-state index contributed by atoms with van der Waals surface area (Å²) in [5.41, 5.74) is 0.976. The normalized spacial score (nSPS) is 15.8. The Bertz CT molecular complexity index is 269. The second kappa shape index (κ2) is 3.70. The van der Waals surface area contributed by atoms with Crippen LogP contribution in [-0.4, -0.2) is 27.7 Å². The number of hydrogen-bond acceptors (Lipinski definition) is 4. The lowest BCUT2D eigenvalue weighted by atomic mass is 10.3. The fraction of sp³-hybridized carbons (Fsp3) is 0.556. The fourth-order valence-corrected chi connectivity index (χ4v) is 1.10. The van der Waals surface area contributed by atoms with E-state index in [9.17, 15) is 0 Å². The zero-order chi connectivity index (χ0) is 9.10. The molecule has 1 aromatic heterocycles. The quantitative estimate of drug-likeness (QED) is 0.710. The summed E-state index contributed by atoms with van der Waals surface area (Å²) < 4.78 is 0. The van der Waals surface area contributed by atoms with E-state index in [2.05, 4.69) is 15.3 Å². The van der Waals surface area contributed by atoms with Gasteiger partial charge in [0.15, 0.2) is 0 Å². The van der Waals surface area contributed by atoms with E-state index in [1.54, 1.807) is 12.4 Å². The van der Waals surface area contributed by atoms with Gasteiger partial charge in [0.25, 0.3) is 0 Å². The van der Waals surface area contributed by atoms with Gasteiger partial charge in [-0.15, -0.1) is 0 Å². The molecule has 1 heterocycles. The van der Waals surface area contributed by atoms with Gasteiger partial charge in [0.05, 0.1) is 0 Å². The van der Waals surface area contributed by atoms with Gasteiger partial charge in [-0.1, -0.05) is 0 Å². The number of aromatic nitrogens is 2. The largest absolute Gasteiger partial charge is 0.396 e.